The van der Waals surface area contributed by atoms with Gasteiger partial charge in [0.05, 0.1) is 11.7 Å². The Morgan fingerprint density at radius 2 is 2.05 bits per heavy atom. The Balaban J connectivity index is 1.77. The fraction of sp³-hybridized carbons (Fsp3) is 0.692. The van der Waals surface area contributed by atoms with Crippen LogP contribution in [0.1, 0.15) is 20.3 Å². The zero-order valence-electron chi connectivity index (χ0n) is 12.1. The Kier molecular flexibility index (Phi) is 4.87. The first-order valence-corrected chi connectivity index (χ1v) is 7.93. The van der Waals surface area contributed by atoms with Crippen molar-refractivity contribution >= 4 is 34.7 Å². The van der Waals surface area contributed by atoms with E-state index in [1.807, 2.05) is 13.8 Å². The molecule has 1 unspecified atom stereocenters. The van der Waals surface area contributed by atoms with Gasteiger partial charge in [0.2, 0.25) is 17.7 Å². The molecular weight excluding hydrogens is 294 g/mol. The number of nitrogens with zero attached hydrogens (tertiary/aromatic N) is 2. The molecule has 0 saturated carbocycles. The van der Waals surface area contributed by atoms with Crippen LogP contribution in [0.15, 0.2) is 0 Å². The topological polar surface area (TPSA) is 86.8 Å². The summed E-state index contributed by atoms with van der Waals surface area (Å²) in [4.78, 5) is 49.4. The molecule has 8 heteroatoms. The Hall–Kier alpha value is -1.57. The standard InChI is InChI=1S/C13H19N3O4S/c1-8(2)16-6-9(5-10(16)17)12(19)14-3-4-15-11(18)7-21-13(15)20/h8-9H,3-7H2,1-2H3,(H,14,19). The molecule has 0 spiro atoms. The molecule has 2 fully saturated rings. The Labute approximate surface area is 127 Å². The second kappa shape index (κ2) is 6.46. The molecule has 4 amide bonds. The third kappa shape index (κ3) is 3.55. The van der Waals surface area contributed by atoms with E-state index in [9.17, 15) is 19.2 Å². The summed E-state index contributed by atoms with van der Waals surface area (Å²) in [5.41, 5.74) is 0. The molecule has 7 nitrogen and oxygen atoms in total. The SMILES string of the molecule is CC(C)N1CC(C(=O)NCCN2C(=O)CSC2=O)CC1=O. The van der Waals surface area contributed by atoms with E-state index in [-0.39, 0.29) is 60.2 Å². The molecule has 0 radical (unpaired) electrons. The van der Waals surface area contributed by atoms with Crippen molar-refractivity contribution in [3.8, 4) is 0 Å². The minimum atomic E-state index is -0.348. The van der Waals surface area contributed by atoms with Gasteiger partial charge in [0, 0.05) is 32.1 Å². The molecule has 2 aliphatic heterocycles. The average Bonchev–Trinajstić information content (AvgIpc) is 2.95. The van der Waals surface area contributed by atoms with Gasteiger partial charge in [0.15, 0.2) is 0 Å². The lowest BCUT2D eigenvalue weighted by molar-refractivity contribution is -0.129. The summed E-state index contributed by atoms with van der Waals surface area (Å²) in [7, 11) is 0. The van der Waals surface area contributed by atoms with Gasteiger partial charge in [0.1, 0.15) is 0 Å². The van der Waals surface area contributed by atoms with Gasteiger partial charge in [0.25, 0.3) is 5.24 Å². The van der Waals surface area contributed by atoms with Crippen molar-refractivity contribution in [1.29, 1.82) is 0 Å². The van der Waals surface area contributed by atoms with Crippen molar-refractivity contribution in [3.63, 3.8) is 0 Å². The van der Waals surface area contributed by atoms with Crippen LogP contribution >= 0.6 is 11.8 Å². The highest BCUT2D eigenvalue weighted by Crippen LogP contribution is 2.20. The molecule has 1 atom stereocenters. The fourth-order valence-electron chi connectivity index (χ4n) is 2.44. The summed E-state index contributed by atoms with van der Waals surface area (Å²) in [5.74, 6) is -0.599. The molecule has 2 aliphatic rings. The van der Waals surface area contributed by atoms with Crippen LogP contribution in [0.25, 0.3) is 0 Å². The zero-order valence-corrected chi connectivity index (χ0v) is 12.9. The number of rotatable bonds is 5. The highest BCUT2D eigenvalue weighted by Gasteiger charge is 2.35. The molecule has 2 saturated heterocycles. The summed E-state index contributed by atoms with van der Waals surface area (Å²) in [5, 5.41) is 2.43. The Morgan fingerprint density at radius 1 is 1.33 bits per heavy atom. The van der Waals surface area contributed by atoms with Crippen molar-refractivity contribution in [3.05, 3.63) is 0 Å². The summed E-state index contributed by atoms with van der Waals surface area (Å²) in [6, 6.07) is 0.0900. The predicted octanol–water partition coefficient (Wildman–Crippen LogP) is 0.0549. The minimum absolute atomic E-state index is 0.00792. The second-order valence-corrected chi connectivity index (χ2v) is 6.36. The molecule has 2 rings (SSSR count). The third-order valence-electron chi connectivity index (χ3n) is 3.63. The normalized spacial score (nSPS) is 22.6. The van der Waals surface area contributed by atoms with E-state index >= 15 is 0 Å². The van der Waals surface area contributed by atoms with E-state index < -0.39 is 0 Å². The summed E-state index contributed by atoms with van der Waals surface area (Å²) in [6.07, 6.45) is 0.224. The van der Waals surface area contributed by atoms with Crippen LogP contribution in [0, 0.1) is 5.92 Å². The number of hydrogen-bond donors (Lipinski definition) is 1. The fourth-order valence-corrected chi connectivity index (χ4v) is 3.19. The maximum atomic E-state index is 12.0. The van der Waals surface area contributed by atoms with E-state index in [0.717, 1.165) is 16.7 Å². The van der Waals surface area contributed by atoms with Crippen LogP contribution in [-0.2, 0) is 14.4 Å². The molecule has 0 aromatic carbocycles. The van der Waals surface area contributed by atoms with Gasteiger partial charge < -0.3 is 10.2 Å². The van der Waals surface area contributed by atoms with Gasteiger partial charge >= 0.3 is 0 Å². The van der Waals surface area contributed by atoms with Crippen LogP contribution in [0.5, 0.6) is 0 Å². The number of likely N-dealkylation sites (tertiary alicyclic amines) is 1. The summed E-state index contributed by atoms with van der Waals surface area (Å²) < 4.78 is 0. The van der Waals surface area contributed by atoms with Crippen LogP contribution in [0.4, 0.5) is 4.79 Å². The van der Waals surface area contributed by atoms with Crippen LogP contribution in [0.3, 0.4) is 0 Å². The molecule has 0 aromatic heterocycles. The predicted molar refractivity (Wildman–Crippen MR) is 77.5 cm³/mol. The van der Waals surface area contributed by atoms with Gasteiger partial charge in [-0.2, -0.15) is 0 Å². The number of carbonyl (C=O) groups excluding carboxylic acids is 4. The Morgan fingerprint density at radius 3 is 2.57 bits per heavy atom. The van der Waals surface area contributed by atoms with Gasteiger partial charge in [-0.05, 0) is 13.8 Å². The van der Waals surface area contributed by atoms with Crippen molar-refractivity contribution in [2.45, 2.75) is 26.3 Å². The maximum Gasteiger partial charge on any atom is 0.288 e. The molecule has 0 bridgehead atoms. The van der Waals surface area contributed by atoms with Crippen LogP contribution in [0.2, 0.25) is 0 Å². The Bertz CT molecular complexity index is 464. The average molecular weight is 313 g/mol. The lowest BCUT2D eigenvalue weighted by atomic mass is 10.1. The first kappa shape index (κ1) is 15.8. The molecule has 2 heterocycles. The van der Waals surface area contributed by atoms with Gasteiger partial charge in [-0.25, -0.2) is 0 Å². The lowest BCUT2D eigenvalue weighted by Gasteiger charge is -2.20. The lowest BCUT2D eigenvalue weighted by Crippen LogP contribution is -2.40. The smallest absolute Gasteiger partial charge is 0.288 e. The number of nitrogens with one attached hydrogen (secondary N) is 1. The maximum absolute atomic E-state index is 12.0. The number of hydrogen-bond acceptors (Lipinski definition) is 5. The van der Waals surface area contributed by atoms with E-state index in [2.05, 4.69) is 5.32 Å². The monoisotopic (exact) mass is 313 g/mol. The second-order valence-electron chi connectivity index (χ2n) is 5.43. The van der Waals surface area contributed by atoms with Crippen LogP contribution < -0.4 is 5.32 Å². The van der Waals surface area contributed by atoms with Crippen LogP contribution in [-0.4, -0.2) is 64.2 Å². The number of amides is 4. The van der Waals surface area contributed by atoms with Gasteiger partial charge in [-0.15, -0.1) is 0 Å². The van der Waals surface area contributed by atoms with Gasteiger partial charge in [-0.3, -0.25) is 24.1 Å². The minimum Gasteiger partial charge on any atom is -0.354 e. The highest BCUT2D eigenvalue weighted by atomic mass is 32.2. The van der Waals surface area contributed by atoms with E-state index in [1.54, 1.807) is 4.90 Å². The van der Waals surface area contributed by atoms with Crippen molar-refractivity contribution in [2.75, 3.05) is 25.4 Å². The zero-order chi connectivity index (χ0) is 15.6. The van der Waals surface area contributed by atoms with E-state index in [1.165, 1.54) is 0 Å². The number of thioether (sulfide) groups is 1. The first-order chi connectivity index (χ1) is 9.90. The van der Waals surface area contributed by atoms with Crippen molar-refractivity contribution < 1.29 is 19.2 Å². The number of carbonyl (C=O) groups is 4. The largest absolute Gasteiger partial charge is 0.354 e. The van der Waals surface area contributed by atoms with E-state index in [4.69, 9.17) is 0 Å². The van der Waals surface area contributed by atoms with E-state index in [0.29, 0.717) is 6.54 Å². The highest BCUT2D eigenvalue weighted by molar-refractivity contribution is 8.14. The molecule has 0 aromatic rings. The van der Waals surface area contributed by atoms with Gasteiger partial charge in [-0.1, -0.05) is 11.8 Å². The van der Waals surface area contributed by atoms with Crippen molar-refractivity contribution in [1.82, 2.24) is 15.1 Å². The summed E-state index contributed by atoms with van der Waals surface area (Å²) >= 11 is 0.975. The molecular formula is C13H19N3O4S. The molecule has 116 valence electrons. The quantitative estimate of drug-likeness (QED) is 0.775. The first-order valence-electron chi connectivity index (χ1n) is 6.94. The molecule has 1 N–H and O–H groups in total. The molecule has 0 aliphatic carbocycles. The number of imide groups is 1. The third-order valence-corrected chi connectivity index (χ3v) is 4.49. The van der Waals surface area contributed by atoms with Crippen molar-refractivity contribution in [2.24, 2.45) is 5.92 Å². The molecule has 21 heavy (non-hydrogen) atoms. The summed E-state index contributed by atoms with van der Waals surface area (Å²) in [6.45, 7) is 4.68.